The van der Waals surface area contributed by atoms with Crippen molar-refractivity contribution in [3.05, 3.63) is 23.3 Å². The zero-order valence-electron chi connectivity index (χ0n) is 18.9. The molecule has 0 radical (unpaired) electrons. The molecule has 7 nitrogen and oxygen atoms in total. The van der Waals surface area contributed by atoms with Crippen LogP contribution in [0.4, 0.5) is 4.79 Å². The van der Waals surface area contributed by atoms with E-state index in [-0.39, 0.29) is 23.0 Å². The minimum absolute atomic E-state index is 0.00165. The van der Waals surface area contributed by atoms with Gasteiger partial charge in [0.1, 0.15) is 25.0 Å². The molecular formula is C21H28Cl3NO6S. The summed E-state index contributed by atoms with van der Waals surface area (Å²) in [5.41, 5.74) is -0.482. The number of thioether (sulfide) groups is 1. The molecule has 0 aliphatic carbocycles. The highest BCUT2D eigenvalue weighted by Gasteiger charge is 2.66. The smallest absolute Gasteiger partial charge is 0.456 e. The maximum absolute atomic E-state index is 13.1. The van der Waals surface area contributed by atoms with Gasteiger partial charge in [0.05, 0.1) is 12.0 Å². The second-order valence-electron chi connectivity index (χ2n) is 9.16. The molecular weight excluding hydrogens is 501 g/mol. The van der Waals surface area contributed by atoms with Gasteiger partial charge in [-0.1, -0.05) is 82.1 Å². The number of carbonyl (C=O) groups excluding carboxylic acids is 3. The van der Waals surface area contributed by atoms with Gasteiger partial charge in [-0.05, 0) is 6.92 Å². The Balaban J connectivity index is 2.35. The fourth-order valence-electron chi connectivity index (χ4n) is 3.82. The predicted octanol–water partition coefficient (Wildman–Crippen LogP) is 5.24. The average molecular weight is 529 g/mol. The highest BCUT2D eigenvalue weighted by Crippen LogP contribution is 2.59. The molecule has 1 fully saturated rings. The predicted molar refractivity (Wildman–Crippen MR) is 126 cm³/mol. The van der Waals surface area contributed by atoms with Gasteiger partial charge in [0.25, 0.3) is 0 Å². The molecule has 0 bridgehead atoms. The molecule has 2 rings (SSSR count). The van der Waals surface area contributed by atoms with Crippen LogP contribution in [0.3, 0.4) is 0 Å². The van der Waals surface area contributed by atoms with Crippen LogP contribution in [-0.4, -0.2) is 56.8 Å². The number of ether oxygens (including phenoxy) is 3. The van der Waals surface area contributed by atoms with Crippen molar-refractivity contribution in [2.24, 2.45) is 11.3 Å². The largest absolute Gasteiger partial charge is 0.508 e. The van der Waals surface area contributed by atoms with Crippen molar-refractivity contribution < 1.29 is 28.6 Å². The third-order valence-electron chi connectivity index (χ3n) is 5.00. The number of hydrogen-bond donors (Lipinski definition) is 0. The van der Waals surface area contributed by atoms with Crippen LogP contribution in [-0.2, 0) is 23.8 Å². The number of nitrogens with zero attached hydrogens (tertiary/aromatic N) is 1. The number of esters is 1. The molecule has 11 heteroatoms. The number of carbonyl (C=O) groups is 3. The summed E-state index contributed by atoms with van der Waals surface area (Å²) < 4.78 is 13.3. The fraction of sp³-hybridized carbons (Fsp3) is 0.667. The van der Waals surface area contributed by atoms with Gasteiger partial charge >= 0.3 is 12.1 Å². The molecule has 0 spiro atoms. The number of rotatable bonds is 7. The molecule has 2 aliphatic rings. The Morgan fingerprint density at radius 1 is 1.25 bits per heavy atom. The zero-order chi connectivity index (χ0) is 24.6. The molecule has 0 saturated carbocycles. The molecule has 1 amide bonds. The van der Waals surface area contributed by atoms with Gasteiger partial charge in [-0.15, -0.1) is 11.8 Å². The Bertz CT molecular complexity index is 830. The average Bonchev–Trinajstić information content (AvgIpc) is 2.81. The van der Waals surface area contributed by atoms with Gasteiger partial charge in [0.2, 0.25) is 9.70 Å². The topological polar surface area (TPSA) is 82.1 Å². The fourth-order valence-corrected chi connectivity index (χ4v) is 5.26. The number of alkyl halides is 3. The maximum atomic E-state index is 13.1. The quantitative estimate of drug-likeness (QED) is 0.193. The van der Waals surface area contributed by atoms with Crippen LogP contribution < -0.4 is 0 Å². The molecule has 2 unspecified atom stereocenters. The van der Waals surface area contributed by atoms with Crippen molar-refractivity contribution >= 4 is 64.6 Å². The molecule has 2 heterocycles. The van der Waals surface area contributed by atoms with Crippen LogP contribution in [0.15, 0.2) is 23.3 Å². The number of amides is 1. The lowest BCUT2D eigenvalue weighted by atomic mass is 9.71. The van der Waals surface area contributed by atoms with E-state index in [1.807, 2.05) is 34.6 Å². The van der Waals surface area contributed by atoms with Crippen molar-refractivity contribution in [2.45, 2.75) is 62.2 Å². The van der Waals surface area contributed by atoms with Crippen LogP contribution in [0.1, 0.15) is 41.5 Å². The zero-order valence-corrected chi connectivity index (χ0v) is 22.0. The normalized spacial score (nSPS) is 23.3. The van der Waals surface area contributed by atoms with E-state index < -0.39 is 46.0 Å². The summed E-state index contributed by atoms with van der Waals surface area (Å²) >= 11 is 18.6. The summed E-state index contributed by atoms with van der Waals surface area (Å²) in [5.74, 6) is -1.75. The summed E-state index contributed by atoms with van der Waals surface area (Å²) in [6.45, 7) is 14.5. The van der Waals surface area contributed by atoms with Gasteiger partial charge in [0, 0.05) is 15.1 Å². The summed E-state index contributed by atoms with van der Waals surface area (Å²) in [6.07, 6.45) is -0.242. The maximum Gasteiger partial charge on any atom is 0.508 e. The van der Waals surface area contributed by atoms with Gasteiger partial charge in [-0.2, -0.15) is 0 Å². The third kappa shape index (κ3) is 5.88. The van der Waals surface area contributed by atoms with Crippen molar-refractivity contribution in [3.8, 4) is 0 Å². The molecule has 0 aromatic carbocycles. The Kier molecular flexibility index (Phi) is 8.19. The van der Waals surface area contributed by atoms with Crippen LogP contribution in [0.25, 0.3) is 0 Å². The molecule has 0 N–H and O–H groups in total. The lowest BCUT2D eigenvalue weighted by Gasteiger charge is -2.50. The van der Waals surface area contributed by atoms with E-state index in [1.54, 1.807) is 6.92 Å². The van der Waals surface area contributed by atoms with Crippen LogP contribution in [0.2, 0.25) is 0 Å². The monoisotopic (exact) mass is 527 g/mol. The first-order valence-electron chi connectivity index (χ1n) is 9.96. The van der Waals surface area contributed by atoms with Gasteiger partial charge in [-0.25, -0.2) is 9.59 Å². The highest BCUT2D eigenvalue weighted by molar-refractivity contribution is 8.04. The summed E-state index contributed by atoms with van der Waals surface area (Å²) in [7, 11) is 0. The lowest BCUT2D eigenvalue weighted by molar-refractivity contribution is -0.168. The third-order valence-corrected chi connectivity index (χ3v) is 6.86. The van der Waals surface area contributed by atoms with Crippen LogP contribution in [0, 0.1) is 11.3 Å². The summed E-state index contributed by atoms with van der Waals surface area (Å²) in [6, 6.07) is -0.419. The molecule has 180 valence electrons. The van der Waals surface area contributed by atoms with E-state index in [2.05, 4.69) is 6.58 Å². The van der Waals surface area contributed by atoms with E-state index in [9.17, 15) is 14.4 Å². The van der Waals surface area contributed by atoms with E-state index in [1.165, 1.54) is 22.7 Å². The van der Waals surface area contributed by atoms with E-state index in [0.29, 0.717) is 4.91 Å². The Morgan fingerprint density at radius 2 is 1.84 bits per heavy atom. The number of hydrogen-bond acceptors (Lipinski definition) is 7. The highest BCUT2D eigenvalue weighted by atomic mass is 35.6. The molecule has 0 aromatic rings. The minimum Gasteiger partial charge on any atom is -0.456 e. The second-order valence-corrected chi connectivity index (χ2v) is 13.5. The molecule has 3 atom stereocenters. The van der Waals surface area contributed by atoms with Gasteiger partial charge < -0.3 is 19.1 Å². The number of halogens is 3. The first kappa shape index (κ1) is 27.2. The lowest BCUT2D eigenvalue weighted by Crippen LogP contribution is -2.66. The van der Waals surface area contributed by atoms with E-state index in [4.69, 9.17) is 49.0 Å². The molecule has 32 heavy (non-hydrogen) atoms. The van der Waals surface area contributed by atoms with Crippen LogP contribution >= 0.6 is 46.6 Å². The first-order valence-corrected chi connectivity index (χ1v) is 11.9. The van der Waals surface area contributed by atoms with Gasteiger partial charge in [0.15, 0.2) is 0 Å². The van der Waals surface area contributed by atoms with Gasteiger partial charge in [-0.3, -0.25) is 4.79 Å². The van der Waals surface area contributed by atoms with Crippen molar-refractivity contribution in [1.29, 1.82) is 0 Å². The molecule has 2 aliphatic heterocycles. The van der Waals surface area contributed by atoms with E-state index in [0.717, 1.165) is 0 Å². The minimum atomic E-state index is -1.78. The second kappa shape index (κ2) is 9.65. The standard InChI is InChI=1S/C21H28Cl3NO6S/c1-8-9-29-18(28)31-11(2)12-14-20(6,7)15(32-19(3,4)5)13(25(14)16(12)26)17(27)30-10-21(22,23)24/h8,11-12,14H,1,9-10H2,2-7H3/t11?,12?,14-/m0/s1. The molecule has 0 aromatic heterocycles. The summed E-state index contributed by atoms with van der Waals surface area (Å²) in [4.78, 5) is 40.1. The Hall–Kier alpha value is -1.09. The van der Waals surface area contributed by atoms with Crippen molar-refractivity contribution in [1.82, 2.24) is 4.90 Å². The number of β-lactam (4-membered cyclic amide) rings is 1. The Labute approximate surface area is 207 Å². The number of fused-ring (bicyclic) bond motifs is 1. The SMILES string of the molecule is C=CCOC(=O)OC(C)C1C(=O)N2C(C(=O)OCC(Cl)(Cl)Cl)=C(SC(C)(C)C)C(C)(C)[C@H]12. The van der Waals surface area contributed by atoms with E-state index >= 15 is 0 Å². The Morgan fingerprint density at radius 3 is 2.34 bits per heavy atom. The van der Waals surface area contributed by atoms with Crippen molar-refractivity contribution in [2.75, 3.05) is 13.2 Å². The van der Waals surface area contributed by atoms with Crippen molar-refractivity contribution in [3.63, 3.8) is 0 Å². The molecule has 1 saturated heterocycles. The first-order chi connectivity index (χ1) is 14.5. The summed E-state index contributed by atoms with van der Waals surface area (Å²) in [5, 5.41) is 0. The van der Waals surface area contributed by atoms with Crippen LogP contribution in [0.5, 0.6) is 0 Å².